The molecule has 1 fully saturated rings. The summed E-state index contributed by atoms with van der Waals surface area (Å²) >= 11 is 0. The van der Waals surface area contributed by atoms with Gasteiger partial charge in [-0.3, -0.25) is 0 Å². The van der Waals surface area contributed by atoms with Crippen molar-refractivity contribution in [2.45, 2.75) is 26.3 Å². The lowest BCUT2D eigenvalue weighted by molar-refractivity contribution is 0.0495. The SMILES string of the molecule is COCCNCc1cccc(C)c1OCC1CCOCC1. The van der Waals surface area contributed by atoms with Gasteiger partial charge in [0, 0.05) is 39.0 Å². The maximum absolute atomic E-state index is 6.14. The Balaban J connectivity index is 1.89. The highest BCUT2D eigenvalue weighted by atomic mass is 16.5. The van der Waals surface area contributed by atoms with Gasteiger partial charge >= 0.3 is 0 Å². The average Bonchev–Trinajstić information content (AvgIpc) is 2.52. The largest absolute Gasteiger partial charge is 0.493 e. The van der Waals surface area contributed by atoms with Gasteiger partial charge in [0.2, 0.25) is 0 Å². The molecule has 118 valence electrons. The highest BCUT2D eigenvalue weighted by Gasteiger charge is 2.16. The summed E-state index contributed by atoms with van der Waals surface area (Å²) in [5.41, 5.74) is 2.42. The maximum atomic E-state index is 6.14. The highest BCUT2D eigenvalue weighted by Crippen LogP contribution is 2.25. The first-order chi connectivity index (χ1) is 10.3. The Morgan fingerprint density at radius 3 is 2.86 bits per heavy atom. The van der Waals surface area contributed by atoms with Gasteiger partial charge in [0.05, 0.1) is 13.2 Å². The number of methoxy groups -OCH3 is 1. The number of para-hydroxylation sites is 1. The molecule has 1 N–H and O–H groups in total. The van der Waals surface area contributed by atoms with Crippen molar-refractivity contribution in [2.24, 2.45) is 5.92 Å². The molecule has 1 saturated heterocycles. The Morgan fingerprint density at radius 1 is 1.29 bits per heavy atom. The van der Waals surface area contributed by atoms with Crippen LogP contribution in [-0.2, 0) is 16.0 Å². The van der Waals surface area contributed by atoms with E-state index in [9.17, 15) is 0 Å². The molecule has 0 unspecified atom stereocenters. The molecule has 2 rings (SSSR count). The van der Waals surface area contributed by atoms with Crippen LogP contribution in [0.3, 0.4) is 0 Å². The Labute approximate surface area is 127 Å². The van der Waals surface area contributed by atoms with Crippen LogP contribution < -0.4 is 10.1 Å². The van der Waals surface area contributed by atoms with Crippen LogP contribution in [0.4, 0.5) is 0 Å². The zero-order chi connectivity index (χ0) is 14.9. The summed E-state index contributed by atoms with van der Waals surface area (Å²) < 4.78 is 16.6. The zero-order valence-electron chi connectivity index (χ0n) is 13.2. The van der Waals surface area contributed by atoms with Crippen molar-refractivity contribution in [3.8, 4) is 5.75 Å². The van der Waals surface area contributed by atoms with E-state index < -0.39 is 0 Å². The van der Waals surface area contributed by atoms with Crippen LogP contribution >= 0.6 is 0 Å². The van der Waals surface area contributed by atoms with Crippen LogP contribution in [0.1, 0.15) is 24.0 Å². The fourth-order valence-corrected chi connectivity index (χ4v) is 2.57. The Kier molecular flexibility index (Phi) is 7.00. The van der Waals surface area contributed by atoms with E-state index in [2.05, 4.69) is 30.4 Å². The second-order valence-electron chi connectivity index (χ2n) is 5.60. The van der Waals surface area contributed by atoms with E-state index in [4.69, 9.17) is 14.2 Å². The van der Waals surface area contributed by atoms with Gasteiger partial charge in [-0.1, -0.05) is 18.2 Å². The quantitative estimate of drug-likeness (QED) is 0.748. The Morgan fingerprint density at radius 2 is 2.10 bits per heavy atom. The molecule has 21 heavy (non-hydrogen) atoms. The fourth-order valence-electron chi connectivity index (χ4n) is 2.57. The lowest BCUT2D eigenvalue weighted by Gasteiger charge is -2.23. The molecular formula is C17H27NO3. The van der Waals surface area contributed by atoms with Gasteiger partial charge in [-0.05, 0) is 31.2 Å². The molecule has 0 saturated carbocycles. The molecule has 0 radical (unpaired) electrons. The minimum Gasteiger partial charge on any atom is -0.493 e. The standard InChI is InChI=1S/C17H27NO3/c1-14-4-3-5-16(12-18-8-11-19-2)17(14)21-13-15-6-9-20-10-7-15/h3-5,15,18H,6-13H2,1-2H3. The highest BCUT2D eigenvalue weighted by molar-refractivity contribution is 5.40. The van der Waals surface area contributed by atoms with E-state index in [1.54, 1.807) is 7.11 Å². The molecule has 0 aliphatic carbocycles. The fraction of sp³-hybridized carbons (Fsp3) is 0.647. The van der Waals surface area contributed by atoms with Crippen molar-refractivity contribution in [1.82, 2.24) is 5.32 Å². The number of nitrogens with one attached hydrogen (secondary N) is 1. The second kappa shape index (κ2) is 9.03. The first-order valence-corrected chi connectivity index (χ1v) is 7.80. The van der Waals surface area contributed by atoms with Crippen molar-refractivity contribution in [3.05, 3.63) is 29.3 Å². The van der Waals surface area contributed by atoms with Crippen LogP contribution in [0, 0.1) is 12.8 Å². The van der Waals surface area contributed by atoms with Crippen molar-refractivity contribution < 1.29 is 14.2 Å². The molecular weight excluding hydrogens is 266 g/mol. The number of rotatable bonds is 8. The topological polar surface area (TPSA) is 39.7 Å². The minimum absolute atomic E-state index is 0.618. The van der Waals surface area contributed by atoms with E-state index >= 15 is 0 Å². The third-order valence-corrected chi connectivity index (χ3v) is 3.90. The zero-order valence-corrected chi connectivity index (χ0v) is 13.2. The normalized spacial score (nSPS) is 16.1. The van der Waals surface area contributed by atoms with Gasteiger partial charge in [-0.2, -0.15) is 0 Å². The first kappa shape index (κ1) is 16.3. The molecule has 1 aromatic carbocycles. The minimum atomic E-state index is 0.618. The maximum Gasteiger partial charge on any atom is 0.126 e. The smallest absolute Gasteiger partial charge is 0.126 e. The third-order valence-electron chi connectivity index (χ3n) is 3.90. The number of hydrogen-bond acceptors (Lipinski definition) is 4. The lowest BCUT2D eigenvalue weighted by Crippen LogP contribution is -2.23. The van der Waals surface area contributed by atoms with E-state index in [1.807, 2.05) is 0 Å². The summed E-state index contributed by atoms with van der Waals surface area (Å²) in [7, 11) is 1.72. The molecule has 1 aliphatic heterocycles. The molecule has 0 spiro atoms. The molecule has 0 amide bonds. The molecule has 0 atom stereocenters. The van der Waals surface area contributed by atoms with Crippen LogP contribution in [0.2, 0.25) is 0 Å². The first-order valence-electron chi connectivity index (χ1n) is 7.80. The second-order valence-corrected chi connectivity index (χ2v) is 5.60. The summed E-state index contributed by atoms with van der Waals surface area (Å²) in [4.78, 5) is 0. The van der Waals surface area contributed by atoms with E-state index in [1.165, 1.54) is 11.1 Å². The lowest BCUT2D eigenvalue weighted by atomic mass is 10.0. The Hall–Kier alpha value is -1.10. The molecule has 1 heterocycles. The molecule has 1 aromatic rings. The predicted octanol–water partition coefficient (Wildman–Crippen LogP) is 2.54. The average molecular weight is 293 g/mol. The molecule has 1 aliphatic rings. The number of aryl methyl sites for hydroxylation is 1. The Bertz CT molecular complexity index is 416. The van der Waals surface area contributed by atoms with Crippen LogP contribution in [-0.4, -0.2) is 40.1 Å². The summed E-state index contributed by atoms with van der Waals surface area (Å²) in [6.45, 7) is 7.03. The van der Waals surface area contributed by atoms with E-state index in [-0.39, 0.29) is 0 Å². The van der Waals surface area contributed by atoms with Crippen molar-refractivity contribution in [2.75, 3.05) is 40.1 Å². The molecule has 4 heteroatoms. The van der Waals surface area contributed by atoms with E-state index in [0.717, 1.165) is 58.1 Å². The van der Waals surface area contributed by atoms with Gasteiger partial charge in [-0.25, -0.2) is 0 Å². The summed E-state index contributed by atoms with van der Waals surface area (Å²) in [6.07, 6.45) is 2.21. The predicted molar refractivity (Wildman–Crippen MR) is 83.8 cm³/mol. The van der Waals surface area contributed by atoms with Crippen molar-refractivity contribution in [3.63, 3.8) is 0 Å². The molecule has 4 nitrogen and oxygen atoms in total. The summed E-state index contributed by atoms with van der Waals surface area (Å²) in [5.74, 6) is 1.65. The molecule has 0 aromatic heterocycles. The summed E-state index contributed by atoms with van der Waals surface area (Å²) in [6, 6.07) is 6.33. The number of benzene rings is 1. The third kappa shape index (κ3) is 5.30. The van der Waals surface area contributed by atoms with Gasteiger partial charge in [0.15, 0.2) is 0 Å². The number of ether oxygens (including phenoxy) is 3. The van der Waals surface area contributed by atoms with Gasteiger partial charge < -0.3 is 19.5 Å². The van der Waals surface area contributed by atoms with Gasteiger partial charge in [-0.15, -0.1) is 0 Å². The van der Waals surface area contributed by atoms with Crippen LogP contribution in [0.5, 0.6) is 5.75 Å². The monoisotopic (exact) mass is 293 g/mol. The van der Waals surface area contributed by atoms with Crippen LogP contribution in [0.15, 0.2) is 18.2 Å². The van der Waals surface area contributed by atoms with Crippen LogP contribution in [0.25, 0.3) is 0 Å². The van der Waals surface area contributed by atoms with Crippen molar-refractivity contribution >= 4 is 0 Å². The van der Waals surface area contributed by atoms with E-state index in [0.29, 0.717) is 5.92 Å². The van der Waals surface area contributed by atoms with Crippen molar-refractivity contribution in [1.29, 1.82) is 0 Å². The molecule has 0 bridgehead atoms. The summed E-state index contributed by atoms with van der Waals surface area (Å²) in [5, 5.41) is 3.38. The van der Waals surface area contributed by atoms with Gasteiger partial charge in [0.25, 0.3) is 0 Å². The van der Waals surface area contributed by atoms with Gasteiger partial charge in [0.1, 0.15) is 5.75 Å². The number of hydrogen-bond donors (Lipinski definition) is 1.